The fourth-order valence-corrected chi connectivity index (χ4v) is 3.61. The fourth-order valence-electron chi connectivity index (χ4n) is 2.31. The lowest BCUT2D eigenvalue weighted by molar-refractivity contribution is 0.0682. The molecule has 136 valence electrons. The third-order valence-electron chi connectivity index (χ3n) is 3.68. The number of esters is 2. The lowest BCUT2D eigenvalue weighted by Crippen LogP contribution is -2.13. The van der Waals surface area contributed by atoms with Crippen molar-refractivity contribution in [2.45, 2.75) is 5.33 Å². The standard InChI is InChI=1S/C21H14Br2O4/c22-13-16-11-18(26-20(24)14-7-3-1-4-8-14)19(12-17(16)23)27-21(25)15-9-5-2-6-10-15/h1-12H,13H2. The zero-order chi connectivity index (χ0) is 19.2. The number of halogens is 2. The van der Waals surface area contributed by atoms with Crippen LogP contribution in [-0.2, 0) is 5.33 Å². The molecule has 0 spiro atoms. The molecule has 0 fully saturated rings. The van der Waals surface area contributed by atoms with Crippen molar-refractivity contribution >= 4 is 43.8 Å². The van der Waals surface area contributed by atoms with Gasteiger partial charge in [0, 0.05) is 9.80 Å². The highest BCUT2D eigenvalue weighted by Gasteiger charge is 2.18. The van der Waals surface area contributed by atoms with Crippen molar-refractivity contribution in [2.24, 2.45) is 0 Å². The zero-order valence-corrected chi connectivity index (χ0v) is 17.2. The summed E-state index contributed by atoms with van der Waals surface area (Å²) < 4.78 is 11.7. The van der Waals surface area contributed by atoms with E-state index >= 15 is 0 Å². The van der Waals surface area contributed by atoms with E-state index in [0.717, 1.165) is 10.0 Å². The molecule has 0 N–H and O–H groups in total. The summed E-state index contributed by atoms with van der Waals surface area (Å²) in [6, 6.07) is 20.5. The molecule has 4 nitrogen and oxygen atoms in total. The van der Waals surface area contributed by atoms with Crippen LogP contribution in [0, 0.1) is 0 Å². The molecule has 0 heterocycles. The van der Waals surface area contributed by atoms with Gasteiger partial charge in [-0.3, -0.25) is 0 Å². The van der Waals surface area contributed by atoms with Gasteiger partial charge in [-0.15, -0.1) is 0 Å². The highest BCUT2D eigenvalue weighted by molar-refractivity contribution is 9.10. The molecule has 0 radical (unpaired) electrons. The predicted molar refractivity (Wildman–Crippen MR) is 110 cm³/mol. The quantitative estimate of drug-likeness (QED) is 0.259. The Hall–Kier alpha value is -2.44. The van der Waals surface area contributed by atoms with Crippen molar-refractivity contribution in [1.82, 2.24) is 0 Å². The van der Waals surface area contributed by atoms with Crippen LogP contribution < -0.4 is 9.47 Å². The van der Waals surface area contributed by atoms with Crippen LogP contribution in [0.1, 0.15) is 26.3 Å². The Bertz CT molecular complexity index is 957. The monoisotopic (exact) mass is 488 g/mol. The van der Waals surface area contributed by atoms with Gasteiger partial charge in [-0.1, -0.05) is 68.3 Å². The summed E-state index contributed by atoms with van der Waals surface area (Å²) in [7, 11) is 0. The average Bonchev–Trinajstić information content (AvgIpc) is 2.71. The highest BCUT2D eigenvalue weighted by Crippen LogP contribution is 2.35. The van der Waals surface area contributed by atoms with Crippen LogP contribution in [0.25, 0.3) is 0 Å². The molecule has 27 heavy (non-hydrogen) atoms. The first-order chi connectivity index (χ1) is 13.1. The van der Waals surface area contributed by atoms with Crippen LogP contribution in [0.4, 0.5) is 0 Å². The number of rotatable bonds is 5. The molecule has 0 aliphatic carbocycles. The SMILES string of the molecule is O=C(Oc1cc(Br)c(CBr)cc1OC(=O)c1ccccc1)c1ccccc1. The number of benzene rings is 3. The van der Waals surface area contributed by atoms with Crippen molar-refractivity contribution < 1.29 is 19.1 Å². The van der Waals surface area contributed by atoms with Gasteiger partial charge in [0.2, 0.25) is 0 Å². The van der Waals surface area contributed by atoms with Crippen molar-refractivity contribution in [2.75, 3.05) is 0 Å². The molecule has 0 saturated heterocycles. The molecule has 0 aliphatic rings. The molecule has 0 atom stereocenters. The maximum atomic E-state index is 12.4. The molecule has 0 bridgehead atoms. The van der Waals surface area contributed by atoms with E-state index in [2.05, 4.69) is 31.9 Å². The predicted octanol–water partition coefficient (Wildman–Crippen LogP) is 5.78. The van der Waals surface area contributed by atoms with Gasteiger partial charge >= 0.3 is 11.9 Å². The van der Waals surface area contributed by atoms with Gasteiger partial charge in [0.25, 0.3) is 0 Å². The average molecular weight is 490 g/mol. The van der Waals surface area contributed by atoms with Crippen molar-refractivity contribution in [3.8, 4) is 11.5 Å². The van der Waals surface area contributed by atoms with Gasteiger partial charge < -0.3 is 9.47 Å². The highest BCUT2D eigenvalue weighted by atomic mass is 79.9. The molecule has 0 unspecified atom stereocenters. The summed E-state index contributed by atoms with van der Waals surface area (Å²) in [5.41, 5.74) is 1.66. The summed E-state index contributed by atoms with van der Waals surface area (Å²) in [6.07, 6.45) is 0. The smallest absolute Gasteiger partial charge is 0.343 e. The molecule has 3 aromatic carbocycles. The van der Waals surface area contributed by atoms with E-state index in [1.807, 2.05) is 12.1 Å². The van der Waals surface area contributed by atoms with E-state index in [4.69, 9.17) is 9.47 Å². The Labute approximate surface area is 173 Å². The molecule has 3 rings (SSSR count). The van der Waals surface area contributed by atoms with Crippen LogP contribution in [0.2, 0.25) is 0 Å². The minimum Gasteiger partial charge on any atom is -0.419 e. The summed E-state index contributed by atoms with van der Waals surface area (Å²) in [5.74, 6) is -0.739. The van der Waals surface area contributed by atoms with Gasteiger partial charge in [0.15, 0.2) is 11.5 Å². The Morgan fingerprint density at radius 3 is 1.63 bits per heavy atom. The van der Waals surface area contributed by atoms with Gasteiger partial charge in [0.05, 0.1) is 11.1 Å². The van der Waals surface area contributed by atoms with Gasteiger partial charge in [0.1, 0.15) is 0 Å². The first-order valence-electron chi connectivity index (χ1n) is 8.01. The molecule has 0 aromatic heterocycles. The van der Waals surface area contributed by atoms with Crippen LogP contribution in [0.5, 0.6) is 11.5 Å². The number of hydrogen-bond acceptors (Lipinski definition) is 4. The molecule has 3 aromatic rings. The largest absolute Gasteiger partial charge is 0.419 e. The maximum absolute atomic E-state index is 12.4. The fraction of sp³-hybridized carbons (Fsp3) is 0.0476. The van der Waals surface area contributed by atoms with E-state index < -0.39 is 11.9 Å². The van der Waals surface area contributed by atoms with Crippen LogP contribution in [0.15, 0.2) is 77.3 Å². The number of hydrogen-bond donors (Lipinski definition) is 0. The van der Waals surface area contributed by atoms with Gasteiger partial charge in [-0.05, 0) is 42.0 Å². The third kappa shape index (κ3) is 4.84. The van der Waals surface area contributed by atoms with Crippen LogP contribution in [0.3, 0.4) is 0 Å². The molecule has 0 amide bonds. The summed E-state index contributed by atoms with van der Waals surface area (Å²) >= 11 is 6.82. The van der Waals surface area contributed by atoms with E-state index in [9.17, 15) is 9.59 Å². The second-order valence-corrected chi connectivity index (χ2v) is 6.95. The molecular formula is C21H14Br2O4. The Kier molecular flexibility index (Phi) is 6.42. The second-order valence-electron chi connectivity index (χ2n) is 5.54. The molecule has 6 heteroatoms. The third-order valence-corrected chi connectivity index (χ3v) is 5.02. The first-order valence-corrected chi connectivity index (χ1v) is 9.93. The Balaban J connectivity index is 1.91. The number of alkyl halides is 1. The van der Waals surface area contributed by atoms with Crippen molar-refractivity contribution in [3.05, 3.63) is 94.0 Å². The van der Waals surface area contributed by atoms with Gasteiger partial charge in [-0.2, -0.15) is 0 Å². The van der Waals surface area contributed by atoms with Crippen molar-refractivity contribution in [3.63, 3.8) is 0 Å². The van der Waals surface area contributed by atoms with E-state index in [1.165, 1.54) is 0 Å². The van der Waals surface area contributed by atoms with Crippen molar-refractivity contribution in [1.29, 1.82) is 0 Å². The van der Waals surface area contributed by atoms with E-state index in [0.29, 0.717) is 16.5 Å². The summed E-state index contributed by atoms with van der Waals surface area (Å²) in [4.78, 5) is 24.8. The van der Waals surface area contributed by atoms with E-state index in [1.54, 1.807) is 60.7 Å². The number of ether oxygens (including phenoxy) is 2. The molecule has 0 aliphatic heterocycles. The minimum atomic E-state index is -0.536. The normalized spacial score (nSPS) is 10.3. The molecular weight excluding hydrogens is 476 g/mol. The van der Waals surface area contributed by atoms with E-state index in [-0.39, 0.29) is 11.5 Å². The zero-order valence-electron chi connectivity index (χ0n) is 14.0. The maximum Gasteiger partial charge on any atom is 0.343 e. The summed E-state index contributed by atoms with van der Waals surface area (Å²) in [5, 5.41) is 0.538. The lowest BCUT2D eigenvalue weighted by Gasteiger charge is -2.13. The Morgan fingerprint density at radius 1 is 0.741 bits per heavy atom. The molecule has 0 saturated carbocycles. The second kappa shape index (κ2) is 8.97. The van der Waals surface area contributed by atoms with Gasteiger partial charge in [-0.25, -0.2) is 9.59 Å². The Morgan fingerprint density at radius 2 is 1.19 bits per heavy atom. The minimum absolute atomic E-state index is 0.157. The number of carbonyl (C=O) groups excluding carboxylic acids is 2. The lowest BCUT2D eigenvalue weighted by atomic mass is 10.2. The van der Waals surface area contributed by atoms with Crippen LogP contribution in [-0.4, -0.2) is 11.9 Å². The van der Waals surface area contributed by atoms with Crippen LogP contribution >= 0.6 is 31.9 Å². The number of carbonyl (C=O) groups is 2. The first kappa shape index (κ1) is 19.3. The summed E-state index contributed by atoms with van der Waals surface area (Å²) in [6.45, 7) is 0. The topological polar surface area (TPSA) is 52.6 Å².